The van der Waals surface area contributed by atoms with Gasteiger partial charge in [-0.1, -0.05) is 36.0 Å². The van der Waals surface area contributed by atoms with Gasteiger partial charge in [-0.2, -0.15) is 0 Å². The number of nitrogens with zero attached hydrogens (tertiary/aromatic N) is 2. The number of hydrogen-bond acceptors (Lipinski definition) is 4. The molecule has 0 aliphatic heterocycles. The number of benzene rings is 1. The van der Waals surface area contributed by atoms with E-state index in [1.165, 1.54) is 0 Å². The van der Waals surface area contributed by atoms with Gasteiger partial charge >= 0.3 is 5.97 Å². The Bertz CT molecular complexity index is 607. The first-order chi connectivity index (χ1) is 9.63. The normalized spacial score (nSPS) is 10.8. The fraction of sp³-hybridized carbons (Fsp3) is 0.133. The first-order valence-electron chi connectivity index (χ1n) is 6.05. The van der Waals surface area contributed by atoms with E-state index in [-0.39, 0.29) is 0 Å². The van der Waals surface area contributed by atoms with Crippen molar-refractivity contribution < 1.29 is 9.90 Å². The van der Waals surface area contributed by atoms with Gasteiger partial charge in [0.25, 0.3) is 0 Å². The number of thioether (sulfide) groups is 1. The molecule has 0 aliphatic rings. The van der Waals surface area contributed by atoms with Crippen molar-refractivity contribution in [2.75, 3.05) is 0 Å². The van der Waals surface area contributed by atoms with E-state index in [9.17, 15) is 4.79 Å². The minimum atomic E-state index is -0.943. The molecule has 0 atom stereocenters. The summed E-state index contributed by atoms with van der Waals surface area (Å²) in [5.74, 6) is -0.160. The van der Waals surface area contributed by atoms with Crippen LogP contribution in [0, 0.1) is 6.92 Å². The molecule has 1 N–H and O–H groups in total. The highest BCUT2D eigenvalue weighted by Crippen LogP contribution is 2.19. The van der Waals surface area contributed by atoms with Gasteiger partial charge in [0.05, 0.1) is 0 Å². The lowest BCUT2D eigenvalue weighted by atomic mass is 10.1. The Morgan fingerprint density at radius 2 is 1.90 bits per heavy atom. The van der Waals surface area contributed by atoms with Gasteiger partial charge < -0.3 is 5.11 Å². The summed E-state index contributed by atoms with van der Waals surface area (Å²) in [4.78, 5) is 18.9. The van der Waals surface area contributed by atoms with Crippen molar-refractivity contribution >= 4 is 23.8 Å². The second kappa shape index (κ2) is 6.86. The molecular weight excluding hydrogens is 272 g/mol. The van der Waals surface area contributed by atoms with Gasteiger partial charge in [0.2, 0.25) is 0 Å². The summed E-state index contributed by atoms with van der Waals surface area (Å²) >= 11 is 1.57. The molecule has 0 bridgehead atoms. The molecule has 2 aromatic rings. The highest BCUT2D eigenvalue weighted by atomic mass is 32.2. The van der Waals surface area contributed by atoms with Crippen molar-refractivity contribution in [3.05, 3.63) is 59.4 Å². The monoisotopic (exact) mass is 286 g/mol. The number of carboxylic acids is 1. The van der Waals surface area contributed by atoms with Crippen LogP contribution < -0.4 is 0 Å². The fourth-order valence-corrected chi connectivity index (χ4v) is 2.24. The maximum absolute atomic E-state index is 10.4. The summed E-state index contributed by atoms with van der Waals surface area (Å²) in [5.41, 5.74) is 3.06. The third kappa shape index (κ3) is 4.51. The summed E-state index contributed by atoms with van der Waals surface area (Å²) in [6.07, 6.45) is 6.30. The first kappa shape index (κ1) is 14.3. The zero-order valence-corrected chi connectivity index (χ0v) is 11.8. The number of carboxylic acid groups (broad SMARTS) is 1. The van der Waals surface area contributed by atoms with Crippen molar-refractivity contribution in [2.45, 2.75) is 17.8 Å². The van der Waals surface area contributed by atoms with Crippen LogP contribution in [0.25, 0.3) is 6.08 Å². The van der Waals surface area contributed by atoms with E-state index >= 15 is 0 Å². The van der Waals surface area contributed by atoms with Crippen LogP contribution in [0.4, 0.5) is 0 Å². The lowest BCUT2D eigenvalue weighted by Crippen LogP contribution is -1.88. The van der Waals surface area contributed by atoms with E-state index in [0.29, 0.717) is 0 Å². The van der Waals surface area contributed by atoms with E-state index in [2.05, 4.69) is 9.97 Å². The minimum Gasteiger partial charge on any atom is -0.478 e. The molecule has 0 fully saturated rings. The van der Waals surface area contributed by atoms with Crippen LogP contribution in [0.2, 0.25) is 0 Å². The number of carbonyl (C=O) groups is 1. The van der Waals surface area contributed by atoms with Crippen LogP contribution in [-0.2, 0) is 10.5 Å². The third-order valence-electron chi connectivity index (χ3n) is 2.52. The predicted molar refractivity (Wildman–Crippen MR) is 79.4 cm³/mol. The second-order valence-electron chi connectivity index (χ2n) is 4.24. The SMILES string of the molecule is Cc1cnc(SCc2ccc(C=CC(=O)O)cc2)nc1. The molecule has 0 radical (unpaired) electrons. The molecule has 1 aromatic carbocycles. The maximum Gasteiger partial charge on any atom is 0.328 e. The number of aryl methyl sites for hydroxylation is 1. The first-order valence-corrected chi connectivity index (χ1v) is 7.03. The zero-order chi connectivity index (χ0) is 14.4. The summed E-state index contributed by atoms with van der Waals surface area (Å²) in [5, 5.41) is 9.31. The van der Waals surface area contributed by atoms with E-state index < -0.39 is 5.97 Å². The Balaban J connectivity index is 1.93. The summed E-state index contributed by atoms with van der Waals surface area (Å²) < 4.78 is 0. The number of aliphatic carboxylic acids is 1. The number of rotatable bonds is 5. The maximum atomic E-state index is 10.4. The summed E-state index contributed by atoms with van der Waals surface area (Å²) in [6, 6.07) is 7.74. The van der Waals surface area contributed by atoms with Crippen LogP contribution in [0.3, 0.4) is 0 Å². The molecule has 102 valence electrons. The van der Waals surface area contributed by atoms with Gasteiger partial charge in [0.1, 0.15) is 0 Å². The summed E-state index contributed by atoms with van der Waals surface area (Å²) in [6.45, 7) is 1.96. The molecule has 0 spiro atoms. The largest absolute Gasteiger partial charge is 0.478 e. The smallest absolute Gasteiger partial charge is 0.328 e. The Morgan fingerprint density at radius 3 is 2.50 bits per heavy atom. The Morgan fingerprint density at radius 1 is 1.25 bits per heavy atom. The average molecular weight is 286 g/mol. The molecule has 0 aliphatic carbocycles. The van der Waals surface area contributed by atoms with E-state index in [0.717, 1.165) is 33.7 Å². The van der Waals surface area contributed by atoms with E-state index in [1.807, 2.05) is 31.2 Å². The van der Waals surface area contributed by atoms with Crippen LogP contribution in [-0.4, -0.2) is 21.0 Å². The fourth-order valence-electron chi connectivity index (χ4n) is 1.50. The van der Waals surface area contributed by atoms with Gasteiger partial charge in [-0.15, -0.1) is 0 Å². The Kier molecular flexibility index (Phi) is 4.90. The molecule has 20 heavy (non-hydrogen) atoms. The Hall–Kier alpha value is -2.14. The van der Waals surface area contributed by atoms with E-state index in [4.69, 9.17) is 5.11 Å². The van der Waals surface area contributed by atoms with Crippen LogP contribution in [0.15, 0.2) is 47.9 Å². The lowest BCUT2D eigenvalue weighted by molar-refractivity contribution is -0.131. The van der Waals surface area contributed by atoms with Gasteiger partial charge in [-0.25, -0.2) is 14.8 Å². The topological polar surface area (TPSA) is 63.1 Å². The standard InChI is InChI=1S/C15H14N2O2S/c1-11-8-16-15(17-9-11)20-10-13-4-2-12(3-5-13)6-7-14(18)19/h2-9H,10H2,1H3,(H,18,19). The number of aromatic nitrogens is 2. The molecule has 2 rings (SSSR count). The van der Waals surface area contributed by atoms with Crippen molar-refractivity contribution in [2.24, 2.45) is 0 Å². The van der Waals surface area contributed by atoms with Crippen LogP contribution in [0.5, 0.6) is 0 Å². The molecule has 0 amide bonds. The molecular formula is C15H14N2O2S. The highest BCUT2D eigenvalue weighted by Gasteiger charge is 1.99. The Labute approximate surface area is 121 Å². The summed E-state index contributed by atoms with van der Waals surface area (Å²) in [7, 11) is 0. The molecule has 0 saturated carbocycles. The van der Waals surface area contributed by atoms with Crippen LogP contribution in [0.1, 0.15) is 16.7 Å². The molecule has 1 aromatic heterocycles. The van der Waals surface area contributed by atoms with Crippen molar-refractivity contribution in [3.8, 4) is 0 Å². The molecule has 1 heterocycles. The zero-order valence-electron chi connectivity index (χ0n) is 11.0. The predicted octanol–water partition coefficient (Wildman–Crippen LogP) is 3.18. The quantitative estimate of drug-likeness (QED) is 0.519. The van der Waals surface area contributed by atoms with E-state index in [1.54, 1.807) is 30.2 Å². The highest BCUT2D eigenvalue weighted by molar-refractivity contribution is 7.98. The van der Waals surface area contributed by atoms with Crippen molar-refractivity contribution in [1.29, 1.82) is 0 Å². The van der Waals surface area contributed by atoms with Gasteiger partial charge in [0.15, 0.2) is 5.16 Å². The minimum absolute atomic E-state index is 0.755. The lowest BCUT2D eigenvalue weighted by Gasteiger charge is -2.01. The van der Waals surface area contributed by atoms with Crippen molar-refractivity contribution in [1.82, 2.24) is 9.97 Å². The molecule has 0 saturated heterocycles. The molecule has 0 unspecified atom stereocenters. The van der Waals surface area contributed by atoms with Gasteiger partial charge in [-0.3, -0.25) is 0 Å². The molecule has 5 heteroatoms. The van der Waals surface area contributed by atoms with Gasteiger partial charge in [-0.05, 0) is 29.7 Å². The van der Waals surface area contributed by atoms with Gasteiger partial charge in [0, 0.05) is 24.2 Å². The average Bonchev–Trinajstić information content (AvgIpc) is 2.45. The second-order valence-corrected chi connectivity index (χ2v) is 5.19. The van der Waals surface area contributed by atoms with Crippen molar-refractivity contribution in [3.63, 3.8) is 0 Å². The third-order valence-corrected chi connectivity index (χ3v) is 3.47. The van der Waals surface area contributed by atoms with Crippen LogP contribution >= 0.6 is 11.8 Å². The molecule has 4 nitrogen and oxygen atoms in total. The number of hydrogen-bond donors (Lipinski definition) is 1.